The third kappa shape index (κ3) is 7.16. The highest BCUT2D eigenvalue weighted by Gasteiger charge is 2.13. The van der Waals surface area contributed by atoms with Gasteiger partial charge in [0.05, 0.1) is 0 Å². The number of hydrogen-bond acceptors (Lipinski definition) is 3. The molecule has 2 aromatic carbocycles. The fourth-order valence-corrected chi connectivity index (χ4v) is 3.11. The Balaban J connectivity index is 0.00000300. The minimum absolute atomic E-state index is 0. The molecule has 0 saturated heterocycles. The molecule has 3 rings (SSSR count). The van der Waals surface area contributed by atoms with Gasteiger partial charge in [-0.1, -0.05) is 60.7 Å². The second-order valence-electron chi connectivity index (χ2n) is 6.67. The van der Waals surface area contributed by atoms with Crippen molar-refractivity contribution in [2.45, 2.75) is 25.8 Å². The highest BCUT2D eigenvalue weighted by atomic mass is 127. The summed E-state index contributed by atoms with van der Waals surface area (Å²) in [4.78, 5) is 8.90. The summed E-state index contributed by atoms with van der Waals surface area (Å²) in [5, 5.41) is 10.9. The van der Waals surface area contributed by atoms with Crippen LogP contribution in [-0.4, -0.2) is 33.8 Å². The summed E-state index contributed by atoms with van der Waals surface area (Å²) in [6.07, 6.45) is 2.52. The summed E-state index contributed by atoms with van der Waals surface area (Å²) in [5.41, 5.74) is 2.65. The molecule has 29 heavy (non-hydrogen) atoms. The molecule has 0 amide bonds. The molecule has 1 unspecified atom stereocenters. The van der Waals surface area contributed by atoms with Crippen molar-refractivity contribution in [3.63, 3.8) is 0 Å². The van der Waals surface area contributed by atoms with Crippen LogP contribution in [0.25, 0.3) is 0 Å². The van der Waals surface area contributed by atoms with Crippen LogP contribution in [0.4, 0.5) is 0 Å². The van der Waals surface area contributed by atoms with E-state index in [4.69, 9.17) is 0 Å². The Morgan fingerprint density at radius 1 is 1.03 bits per heavy atom. The fourth-order valence-electron chi connectivity index (χ4n) is 3.11. The molecule has 1 heterocycles. The Bertz CT molecular complexity index is 863. The molecule has 0 radical (unpaired) electrons. The second-order valence-corrected chi connectivity index (χ2v) is 6.67. The topological polar surface area (TPSA) is 67.1 Å². The van der Waals surface area contributed by atoms with E-state index < -0.39 is 0 Å². The van der Waals surface area contributed by atoms with Crippen LogP contribution >= 0.6 is 24.0 Å². The van der Waals surface area contributed by atoms with Gasteiger partial charge in [0.25, 0.3) is 0 Å². The largest absolute Gasteiger partial charge is 0.357 e. The molecule has 154 valence electrons. The number of aliphatic imine (C=N–C) groups is 1. The molecular formula is C22H29IN6. The summed E-state index contributed by atoms with van der Waals surface area (Å²) >= 11 is 0. The first-order valence-corrected chi connectivity index (χ1v) is 9.70. The lowest BCUT2D eigenvalue weighted by molar-refractivity contribution is 0.642. The first-order chi connectivity index (χ1) is 13.8. The van der Waals surface area contributed by atoms with Crippen molar-refractivity contribution in [2.75, 3.05) is 13.1 Å². The highest BCUT2D eigenvalue weighted by Crippen LogP contribution is 2.20. The molecule has 0 saturated carbocycles. The molecular weight excluding hydrogens is 475 g/mol. The first-order valence-electron chi connectivity index (χ1n) is 9.70. The number of aromatic nitrogens is 3. The van der Waals surface area contributed by atoms with Crippen LogP contribution in [-0.2, 0) is 20.0 Å². The van der Waals surface area contributed by atoms with Gasteiger partial charge in [-0.3, -0.25) is 4.68 Å². The third-order valence-corrected chi connectivity index (χ3v) is 4.64. The van der Waals surface area contributed by atoms with Gasteiger partial charge in [0.15, 0.2) is 5.96 Å². The van der Waals surface area contributed by atoms with Crippen molar-refractivity contribution in [1.82, 2.24) is 25.4 Å². The number of hydrogen-bond donors (Lipinski definition) is 2. The molecule has 0 aliphatic rings. The van der Waals surface area contributed by atoms with Gasteiger partial charge < -0.3 is 10.6 Å². The van der Waals surface area contributed by atoms with Gasteiger partial charge in [-0.2, -0.15) is 5.10 Å². The number of guanidine groups is 1. The Kier molecular flexibility index (Phi) is 9.63. The van der Waals surface area contributed by atoms with E-state index >= 15 is 0 Å². The van der Waals surface area contributed by atoms with Gasteiger partial charge in [0.1, 0.15) is 18.7 Å². The van der Waals surface area contributed by atoms with Crippen LogP contribution in [0.1, 0.15) is 29.8 Å². The van der Waals surface area contributed by atoms with Crippen molar-refractivity contribution in [3.8, 4) is 0 Å². The Morgan fingerprint density at radius 3 is 2.34 bits per heavy atom. The third-order valence-electron chi connectivity index (χ3n) is 4.64. The van der Waals surface area contributed by atoms with E-state index in [-0.39, 0.29) is 24.0 Å². The molecule has 0 spiro atoms. The molecule has 0 aliphatic heterocycles. The average Bonchev–Trinajstić information content (AvgIpc) is 3.15. The molecule has 0 fully saturated rings. The van der Waals surface area contributed by atoms with E-state index in [0.29, 0.717) is 12.5 Å². The molecule has 1 atom stereocenters. The van der Waals surface area contributed by atoms with Crippen LogP contribution < -0.4 is 10.6 Å². The molecule has 0 aliphatic carbocycles. The number of aryl methyl sites for hydroxylation is 1. The zero-order chi connectivity index (χ0) is 19.6. The number of halogens is 1. The lowest BCUT2D eigenvalue weighted by Crippen LogP contribution is -2.39. The maximum absolute atomic E-state index is 4.66. The smallest absolute Gasteiger partial charge is 0.191 e. The summed E-state index contributed by atoms with van der Waals surface area (Å²) in [6, 6.07) is 21.3. The summed E-state index contributed by atoms with van der Waals surface area (Å²) < 4.78 is 1.75. The van der Waals surface area contributed by atoms with E-state index in [0.717, 1.165) is 31.3 Å². The summed E-state index contributed by atoms with van der Waals surface area (Å²) in [7, 11) is 1.88. The first kappa shape index (κ1) is 22.9. The predicted molar refractivity (Wildman–Crippen MR) is 129 cm³/mol. The lowest BCUT2D eigenvalue weighted by atomic mass is 9.92. The molecule has 0 bridgehead atoms. The minimum atomic E-state index is 0. The van der Waals surface area contributed by atoms with Gasteiger partial charge in [0.2, 0.25) is 0 Å². The van der Waals surface area contributed by atoms with Gasteiger partial charge in [-0.05, 0) is 24.5 Å². The lowest BCUT2D eigenvalue weighted by Gasteiger charge is -2.20. The van der Waals surface area contributed by atoms with Crippen molar-refractivity contribution in [2.24, 2.45) is 12.0 Å². The minimum Gasteiger partial charge on any atom is -0.357 e. The Hall–Kier alpha value is -2.42. The zero-order valence-electron chi connectivity index (χ0n) is 17.0. The fraction of sp³-hybridized carbons (Fsp3) is 0.318. The SMILES string of the molecule is CCNC(=NCc1ncnn1C)NCC(Cc1ccccc1)c1ccccc1.I. The van der Waals surface area contributed by atoms with E-state index in [2.05, 4.69) is 93.3 Å². The zero-order valence-corrected chi connectivity index (χ0v) is 19.3. The predicted octanol–water partition coefficient (Wildman–Crippen LogP) is 3.51. The molecule has 7 heteroatoms. The monoisotopic (exact) mass is 504 g/mol. The Labute approximate surface area is 189 Å². The van der Waals surface area contributed by atoms with Crippen LogP contribution in [0, 0.1) is 0 Å². The molecule has 1 aromatic heterocycles. The number of nitrogens with zero attached hydrogens (tertiary/aromatic N) is 4. The van der Waals surface area contributed by atoms with Crippen LogP contribution in [0.3, 0.4) is 0 Å². The Morgan fingerprint density at radius 2 is 1.72 bits per heavy atom. The van der Waals surface area contributed by atoms with Crippen molar-refractivity contribution in [1.29, 1.82) is 0 Å². The number of rotatable bonds is 8. The van der Waals surface area contributed by atoms with Crippen molar-refractivity contribution < 1.29 is 0 Å². The highest BCUT2D eigenvalue weighted by molar-refractivity contribution is 14.0. The van der Waals surface area contributed by atoms with E-state index in [1.165, 1.54) is 11.1 Å². The number of benzene rings is 2. The maximum atomic E-state index is 4.66. The quantitative estimate of drug-likeness (QED) is 0.280. The van der Waals surface area contributed by atoms with Crippen molar-refractivity contribution >= 4 is 29.9 Å². The van der Waals surface area contributed by atoms with Crippen LogP contribution in [0.2, 0.25) is 0 Å². The standard InChI is InChI=1S/C22H28N6.HI/c1-3-23-22(25-16-21-26-17-27-28(21)2)24-15-20(19-12-8-5-9-13-19)14-18-10-6-4-7-11-18;/h4-13,17,20H,3,14-16H2,1-2H3,(H2,23,24,25);1H. The summed E-state index contributed by atoms with van der Waals surface area (Å²) in [5.74, 6) is 1.97. The van der Waals surface area contributed by atoms with E-state index in [9.17, 15) is 0 Å². The van der Waals surface area contributed by atoms with Crippen LogP contribution in [0.15, 0.2) is 72.0 Å². The molecule has 2 N–H and O–H groups in total. The van der Waals surface area contributed by atoms with Crippen LogP contribution in [0.5, 0.6) is 0 Å². The van der Waals surface area contributed by atoms with Crippen molar-refractivity contribution in [3.05, 3.63) is 83.9 Å². The maximum Gasteiger partial charge on any atom is 0.191 e. The van der Waals surface area contributed by atoms with Gasteiger partial charge >= 0.3 is 0 Å². The van der Waals surface area contributed by atoms with E-state index in [1.807, 2.05) is 7.05 Å². The molecule has 6 nitrogen and oxygen atoms in total. The molecule has 3 aromatic rings. The van der Waals surface area contributed by atoms with Gasteiger partial charge in [-0.25, -0.2) is 9.98 Å². The second kappa shape index (κ2) is 12.2. The average molecular weight is 504 g/mol. The van der Waals surface area contributed by atoms with E-state index in [1.54, 1.807) is 11.0 Å². The summed E-state index contributed by atoms with van der Waals surface area (Å²) in [6.45, 7) is 4.15. The van der Waals surface area contributed by atoms with Gasteiger partial charge in [-0.15, -0.1) is 24.0 Å². The number of nitrogens with one attached hydrogen (secondary N) is 2. The normalized spacial score (nSPS) is 12.1. The van der Waals surface area contributed by atoms with Gasteiger partial charge in [0, 0.05) is 26.1 Å².